The van der Waals surface area contributed by atoms with E-state index in [1.165, 1.54) is 0 Å². The average Bonchev–Trinajstić information content (AvgIpc) is 3.18. The zero-order chi connectivity index (χ0) is 33.4. The van der Waals surface area contributed by atoms with Gasteiger partial charge in [-0.05, 0) is 46.0 Å². The van der Waals surface area contributed by atoms with Gasteiger partial charge in [0.25, 0.3) is 5.91 Å². The molecule has 3 unspecified atom stereocenters. The van der Waals surface area contributed by atoms with Gasteiger partial charge in [0.15, 0.2) is 6.29 Å². The van der Waals surface area contributed by atoms with Crippen molar-refractivity contribution in [1.29, 1.82) is 0 Å². The van der Waals surface area contributed by atoms with Crippen molar-refractivity contribution >= 4 is 11.9 Å². The Hall–Kier alpha value is -4.93. The van der Waals surface area contributed by atoms with Gasteiger partial charge < -0.3 is 24.8 Å². The Morgan fingerprint density at radius 3 is 2.20 bits per heavy atom. The molecule has 7 rings (SSSR count). The van der Waals surface area contributed by atoms with Crippen LogP contribution in [0.15, 0.2) is 122 Å². The van der Waals surface area contributed by atoms with Gasteiger partial charge in [-0.3, -0.25) is 9.69 Å². The van der Waals surface area contributed by atoms with Crippen molar-refractivity contribution in [3.05, 3.63) is 149 Å². The Labute approximate surface area is 287 Å². The fourth-order valence-electron chi connectivity index (χ4n) is 6.55. The van der Waals surface area contributed by atoms with E-state index < -0.39 is 6.29 Å². The highest BCUT2D eigenvalue weighted by atomic mass is 16.7. The van der Waals surface area contributed by atoms with E-state index in [0.717, 1.165) is 78.5 Å². The number of amides is 1. The van der Waals surface area contributed by atoms with E-state index in [2.05, 4.69) is 55.4 Å². The van der Waals surface area contributed by atoms with Crippen LogP contribution in [-0.2, 0) is 22.6 Å². The number of aliphatic hydroxyl groups is 1. The van der Waals surface area contributed by atoms with E-state index in [-0.39, 0.29) is 24.7 Å². The van der Waals surface area contributed by atoms with E-state index in [9.17, 15) is 9.90 Å². The third-order valence-corrected chi connectivity index (χ3v) is 9.27. The van der Waals surface area contributed by atoms with Crippen LogP contribution in [-0.4, -0.2) is 64.7 Å². The molecule has 1 aromatic heterocycles. The number of hydrogen-bond donors (Lipinski definition) is 2. The Morgan fingerprint density at radius 2 is 1.47 bits per heavy atom. The molecule has 9 nitrogen and oxygen atoms in total. The number of hydrogen-bond acceptors (Lipinski definition) is 8. The summed E-state index contributed by atoms with van der Waals surface area (Å²) in [5.74, 6) is 0.679. The molecule has 1 amide bonds. The van der Waals surface area contributed by atoms with Gasteiger partial charge in [0, 0.05) is 69.2 Å². The maximum absolute atomic E-state index is 12.7. The highest BCUT2D eigenvalue weighted by Crippen LogP contribution is 2.39. The van der Waals surface area contributed by atoms with E-state index in [0.29, 0.717) is 12.1 Å². The first kappa shape index (κ1) is 32.6. The quantitative estimate of drug-likeness (QED) is 0.191. The SMILES string of the molecule is O=C(NCc1ccccc1-c1ccc(C2OC(CN3CCN(c4ncccn4)CC3)CC(c3ccc(CO)cc3)O2)cc1)c1ccccc1. The normalized spacial score (nSPS) is 19.8. The Bertz CT molecular complexity index is 1800. The third-order valence-electron chi connectivity index (χ3n) is 9.27. The molecule has 0 radical (unpaired) electrons. The molecule has 49 heavy (non-hydrogen) atoms. The lowest BCUT2D eigenvalue weighted by Gasteiger charge is -2.40. The second-order valence-electron chi connectivity index (χ2n) is 12.5. The topological polar surface area (TPSA) is 100 Å². The molecule has 0 aliphatic carbocycles. The molecule has 0 spiro atoms. The Kier molecular flexibility index (Phi) is 10.3. The van der Waals surface area contributed by atoms with Gasteiger partial charge >= 0.3 is 0 Å². The molecule has 9 heteroatoms. The third kappa shape index (κ3) is 8.04. The van der Waals surface area contributed by atoms with Crippen molar-refractivity contribution in [2.24, 2.45) is 0 Å². The number of benzene rings is 4. The summed E-state index contributed by atoms with van der Waals surface area (Å²) in [5.41, 5.74) is 6.69. The van der Waals surface area contributed by atoms with Crippen LogP contribution in [0.5, 0.6) is 0 Å². The van der Waals surface area contributed by atoms with Gasteiger partial charge in [-0.25, -0.2) is 9.97 Å². The van der Waals surface area contributed by atoms with E-state index >= 15 is 0 Å². The smallest absolute Gasteiger partial charge is 0.251 e. The Morgan fingerprint density at radius 1 is 0.776 bits per heavy atom. The van der Waals surface area contributed by atoms with Gasteiger partial charge in [0.05, 0.1) is 18.8 Å². The lowest BCUT2D eigenvalue weighted by atomic mass is 9.97. The monoisotopic (exact) mass is 655 g/mol. The molecule has 2 fully saturated rings. The summed E-state index contributed by atoms with van der Waals surface area (Å²) < 4.78 is 13.3. The molecule has 3 atom stereocenters. The molecule has 4 aromatic carbocycles. The number of aromatic nitrogens is 2. The lowest BCUT2D eigenvalue weighted by Crippen LogP contribution is -2.50. The summed E-state index contributed by atoms with van der Waals surface area (Å²) in [7, 11) is 0. The van der Waals surface area contributed by atoms with Crippen molar-refractivity contribution in [3.63, 3.8) is 0 Å². The number of carbonyl (C=O) groups is 1. The maximum atomic E-state index is 12.7. The fourth-order valence-corrected chi connectivity index (χ4v) is 6.55. The minimum Gasteiger partial charge on any atom is -0.392 e. The zero-order valence-corrected chi connectivity index (χ0v) is 27.4. The molecular formula is C40H41N5O4. The lowest BCUT2D eigenvalue weighted by molar-refractivity contribution is -0.253. The number of nitrogens with zero attached hydrogens (tertiary/aromatic N) is 4. The second kappa shape index (κ2) is 15.5. The van der Waals surface area contributed by atoms with E-state index in [1.54, 1.807) is 12.4 Å². The van der Waals surface area contributed by atoms with Crippen molar-refractivity contribution in [3.8, 4) is 11.1 Å². The minimum absolute atomic E-state index is 0.00897. The number of piperazine rings is 1. The van der Waals surface area contributed by atoms with Gasteiger partial charge in [0.2, 0.25) is 5.95 Å². The molecule has 2 saturated heterocycles. The fraction of sp³-hybridized carbons (Fsp3) is 0.275. The number of nitrogens with one attached hydrogen (secondary N) is 1. The standard InChI is InChI=1S/C40H41N5O4/c46-28-29-11-13-31(14-12-29)37-25-35(27-44-21-23-45(24-22-44)40-41-19-6-20-42-40)48-39(49-37)33-17-15-30(16-18-33)36-10-5-4-9-34(36)26-43-38(47)32-7-2-1-3-8-32/h1-20,35,37,39,46H,21-28H2,(H,43,47). The zero-order valence-electron chi connectivity index (χ0n) is 27.4. The predicted octanol–water partition coefficient (Wildman–Crippen LogP) is 5.93. The van der Waals surface area contributed by atoms with Crippen LogP contribution in [0.1, 0.15) is 51.4 Å². The average molecular weight is 656 g/mol. The number of rotatable bonds is 10. The molecule has 0 saturated carbocycles. The number of aliphatic hydroxyl groups excluding tert-OH is 1. The molecule has 250 valence electrons. The van der Waals surface area contributed by atoms with Gasteiger partial charge in [0.1, 0.15) is 0 Å². The van der Waals surface area contributed by atoms with Gasteiger partial charge in [-0.2, -0.15) is 0 Å². The number of ether oxygens (including phenoxy) is 2. The first-order valence-corrected chi connectivity index (χ1v) is 16.9. The first-order chi connectivity index (χ1) is 24.1. The van der Waals surface area contributed by atoms with Gasteiger partial charge in [-0.15, -0.1) is 0 Å². The maximum Gasteiger partial charge on any atom is 0.251 e. The largest absolute Gasteiger partial charge is 0.392 e. The van der Waals surface area contributed by atoms with Crippen molar-refractivity contribution in [1.82, 2.24) is 20.2 Å². The van der Waals surface area contributed by atoms with E-state index in [1.807, 2.05) is 78.9 Å². The second-order valence-corrected chi connectivity index (χ2v) is 12.5. The molecule has 0 bridgehead atoms. The summed E-state index contributed by atoms with van der Waals surface area (Å²) in [5, 5.41) is 12.6. The Balaban J connectivity index is 1.05. The summed E-state index contributed by atoms with van der Waals surface area (Å²) >= 11 is 0. The molecule has 2 aliphatic heterocycles. The molecule has 5 aromatic rings. The van der Waals surface area contributed by atoms with Crippen LogP contribution < -0.4 is 10.2 Å². The molecule has 3 heterocycles. The van der Waals surface area contributed by atoms with Crippen LogP contribution in [0.4, 0.5) is 5.95 Å². The minimum atomic E-state index is -0.533. The molecule has 2 N–H and O–H groups in total. The predicted molar refractivity (Wildman–Crippen MR) is 189 cm³/mol. The van der Waals surface area contributed by atoms with Crippen LogP contribution >= 0.6 is 0 Å². The first-order valence-electron chi connectivity index (χ1n) is 16.9. The van der Waals surface area contributed by atoms with Crippen molar-refractivity contribution < 1.29 is 19.4 Å². The summed E-state index contributed by atoms with van der Waals surface area (Å²) in [6.45, 7) is 4.76. The van der Waals surface area contributed by atoms with Gasteiger partial charge in [-0.1, -0.05) is 91.0 Å². The molecule has 2 aliphatic rings. The van der Waals surface area contributed by atoms with Crippen molar-refractivity contribution in [2.45, 2.75) is 38.1 Å². The highest BCUT2D eigenvalue weighted by molar-refractivity contribution is 5.94. The van der Waals surface area contributed by atoms with Crippen LogP contribution in [0.25, 0.3) is 11.1 Å². The van der Waals surface area contributed by atoms with Crippen LogP contribution in [0.2, 0.25) is 0 Å². The summed E-state index contributed by atoms with van der Waals surface area (Å²) in [4.78, 5) is 26.2. The van der Waals surface area contributed by atoms with Crippen LogP contribution in [0.3, 0.4) is 0 Å². The van der Waals surface area contributed by atoms with E-state index in [4.69, 9.17) is 9.47 Å². The summed E-state index contributed by atoms with van der Waals surface area (Å²) in [6, 6.07) is 35.6. The molecular weight excluding hydrogens is 614 g/mol. The van der Waals surface area contributed by atoms with Crippen molar-refractivity contribution in [2.75, 3.05) is 37.6 Å². The number of carbonyl (C=O) groups excluding carboxylic acids is 1. The number of anilines is 1. The summed E-state index contributed by atoms with van der Waals surface area (Å²) in [6.07, 6.45) is 3.59. The highest BCUT2D eigenvalue weighted by Gasteiger charge is 2.34. The van der Waals surface area contributed by atoms with Crippen LogP contribution in [0, 0.1) is 0 Å².